The number of nitrogens with one attached hydrogen (secondary N) is 1. The first kappa shape index (κ1) is 17.2. The van der Waals surface area contributed by atoms with E-state index in [9.17, 15) is 14.7 Å². The van der Waals surface area contributed by atoms with Crippen molar-refractivity contribution >= 4 is 16.8 Å². The lowest BCUT2D eigenvalue weighted by molar-refractivity contribution is -0.122. The summed E-state index contributed by atoms with van der Waals surface area (Å²) in [6.45, 7) is 4.69. The fraction of sp³-hybridized carbons (Fsp3) is 0.444. The van der Waals surface area contributed by atoms with Crippen LogP contribution in [-0.4, -0.2) is 28.7 Å². The van der Waals surface area contributed by atoms with E-state index in [1.165, 1.54) is 6.07 Å². The number of aliphatic hydroxyl groups excluding tert-OH is 1. The van der Waals surface area contributed by atoms with E-state index in [0.717, 1.165) is 18.4 Å². The molecule has 5 nitrogen and oxygen atoms in total. The monoisotopic (exact) mass is 316 g/mol. The number of aromatic nitrogens is 1. The minimum absolute atomic E-state index is 0.0477. The number of amides is 1. The molecule has 0 aliphatic carbocycles. The van der Waals surface area contributed by atoms with E-state index in [1.807, 2.05) is 32.0 Å². The molecule has 0 unspecified atom stereocenters. The number of benzene rings is 1. The highest BCUT2D eigenvalue weighted by molar-refractivity contribution is 5.82. The maximum Gasteiger partial charge on any atom is 0.239 e. The van der Waals surface area contributed by atoms with E-state index in [-0.39, 0.29) is 29.9 Å². The molecule has 0 aliphatic rings. The van der Waals surface area contributed by atoms with Gasteiger partial charge in [-0.25, -0.2) is 0 Å². The number of pyridine rings is 1. The second-order valence-electron chi connectivity index (χ2n) is 5.97. The van der Waals surface area contributed by atoms with Crippen LogP contribution in [0.2, 0.25) is 0 Å². The lowest BCUT2D eigenvalue weighted by atomic mass is 9.83. The molecule has 1 aromatic heterocycles. The quantitative estimate of drug-likeness (QED) is 0.820. The molecule has 2 aromatic rings. The second-order valence-corrected chi connectivity index (χ2v) is 5.97. The summed E-state index contributed by atoms with van der Waals surface area (Å²) >= 11 is 0. The number of nitrogens with zero attached hydrogens (tertiary/aromatic N) is 1. The van der Waals surface area contributed by atoms with Gasteiger partial charge < -0.3 is 15.0 Å². The topological polar surface area (TPSA) is 71.3 Å². The van der Waals surface area contributed by atoms with Crippen LogP contribution in [0.4, 0.5) is 0 Å². The summed E-state index contributed by atoms with van der Waals surface area (Å²) in [4.78, 5) is 24.1. The van der Waals surface area contributed by atoms with Gasteiger partial charge in [-0.2, -0.15) is 0 Å². The molecular weight excluding hydrogens is 292 g/mol. The van der Waals surface area contributed by atoms with Crippen molar-refractivity contribution in [1.29, 1.82) is 0 Å². The van der Waals surface area contributed by atoms with Crippen molar-refractivity contribution < 1.29 is 9.90 Å². The third-order valence-electron chi connectivity index (χ3n) is 4.69. The fourth-order valence-electron chi connectivity index (χ4n) is 2.67. The number of fused-ring (bicyclic) bond motifs is 1. The van der Waals surface area contributed by atoms with Crippen molar-refractivity contribution in [2.24, 2.45) is 5.41 Å². The molecule has 0 saturated carbocycles. The third kappa shape index (κ3) is 3.79. The molecule has 1 amide bonds. The number of rotatable bonds is 7. The van der Waals surface area contributed by atoms with Crippen molar-refractivity contribution in [3.8, 4) is 0 Å². The van der Waals surface area contributed by atoms with E-state index in [2.05, 4.69) is 5.32 Å². The fourth-order valence-corrected chi connectivity index (χ4v) is 2.67. The number of aliphatic hydroxyl groups is 1. The van der Waals surface area contributed by atoms with Crippen LogP contribution in [-0.2, 0) is 11.3 Å². The maximum atomic E-state index is 12.2. The van der Waals surface area contributed by atoms with Gasteiger partial charge in [-0.1, -0.05) is 26.0 Å². The Morgan fingerprint density at radius 3 is 2.57 bits per heavy atom. The van der Waals surface area contributed by atoms with Crippen LogP contribution in [0.3, 0.4) is 0 Å². The third-order valence-corrected chi connectivity index (χ3v) is 4.69. The Bertz CT molecular complexity index is 724. The smallest absolute Gasteiger partial charge is 0.239 e. The van der Waals surface area contributed by atoms with Gasteiger partial charge in [0.2, 0.25) is 5.91 Å². The van der Waals surface area contributed by atoms with Crippen LogP contribution in [0, 0.1) is 5.41 Å². The van der Waals surface area contributed by atoms with Crippen LogP contribution in [0.25, 0.3) is 10.9 Å². The molecule has 2 N–H and O–H groups in total. The number of para-hydroxylation sites is 1. The molecule has 5 heteroatoms. The Labute approximate surface area is 135 Å². The molecule has 0 radical (unpaired) electrons. The van der Waals surface area contributed by atoms with Gasteiger partial charge in [-0.15, -0.1) is 0 Å². The molecule has 23 heavy (non-hydrogen) atoms. The maximum absolute atomic E-state index is 12.2. The van der Waals surface area contributed by atoms with Crippen molar-refractivity contribution in [3.05, 3.63) is 46.8 Å². The molecule has 0 aliphatic heterocycles. The minimum Gasteiger partial charge on any atom is -0.396 e. The van der Waals surface area contributed by atoms with E-state index in [1.54, 1.807) is 16.8 Å². The SMILES string of the molecule is CCC(CC)(CO)CNC(=O)Cn1ccc(=O)c2ccccc21. The van der Waals surface area contributed by atoms with Gasteiger partial charge in [-0.3, -0.25) is 9.59 Å². The zero-order valence-corrected chi connectivity index (χ0v) is 13.7. The predicted molar refractivity (Wildman–Crippen MR) is 91.3 cm³/mol. The molecule has 0 bridgehead atoms. The minimum atomic E-state index is -0.263. The summed E-state index contributed by atoms with van der Waals surface area (Å²) in [7, 11) is 0. The summed E-state index contributed by atoms with van der Waals surface area (Å²) in [5.41, 5.74) is 0.435. The standard InChI is InChI=1S/C18H24N2O3/c1-3-18(4-2,13-21)12-19-17(23)11-20-10-9-16(22)14-7-5-6-8-15(14)20/h5-10,21H,3-4,11-13H2,1-2H3,(H,19,23). The number of hydrogen-bond donors (Lipinski definition) is 2. The second kappa shape index (κ2) is 7.42. The van der Waals surface area contributed by atoms with Crippen molar-refractivity contribution in [2.45, 2.75) is 33.2 Å². The summed E-state index contributed by atoms with van der Waals surface area (Å²) in [5.74, 6) is -0.126. The Balaban J connectivity index is 2.12. The molecule has 2 rings (SSSR count). The normalized spacial score (nSPS) is 11.6. The zero-order chi connectivity index (χ0) is 16.9. The Morgan fingerprint density at radius 2 is 1.91 bits per heavy atom. The molecule has 0 spiro atoms. The summed E-state index contributed by atoms with van der Waals surface area (Å²) < 4.78 is 1.77. The average Bonchev–Trinajstić information content (AvgIpc) is 2.59. The van der Waals surface area contributed by atoms with Crippen LogP contribution in [0.5, 0.6) is 0 Å². The van der Waals surface area contributed by atoms with Crippen LogP contribution in [0.1, 0.15) is 26.7 Å². The largest absolute Gasteiger partial charge is 0.396 e. The first-order chi connectivity index (χ1) is 11.0. The Kier molecular flexibility index (Phi) is 5.55. The van der Waals surface area contributed by atoms with Gasteiger partial charge in [0.05, 0.1) is 12.1 Å². The van der Waals surface area contributed by atoms with E-state index < -0.39 is 0 Å². The van der Waals surface area contributed by atoms with Crippen LogP contribution < -0.4 is 10.7 Å². The molecule has 1 aromatic carbocycles. The summed E-state index contributed by atoms with van der Waals surface area (Å²) in [6, 6.07) is 8.73. The first-order valence-electron chi connectivity index (χ1n) is 8.01. The zero-order valence-electron chi connectivity index (χ0n) is 13.7. The highest BCUT2D eigenvalue weighted by Gasteiger charge is 2.25. The van der Waals surface area contributed by atoms with Gasteiger partial charge in [0, 0.05) is 29.6 Å². The Morgan fingerprint density at radius 1 is 1.22 bits per heavy atom. The van der Waals surface area contributed by atoms with Crippen molar-refractivity contribution in [3.63, 3.8) is 0 Å². The van der Waals surface area contributed by atoms with Crippen molar-refractivity contribution in [2.75, 3.05) is 13.2 Å². The van der Waals surface area contributed by atoms with Crippen molar-refractivity contribution in [1.82, 2.24) is 9.88 Å². The lowest BCUT2D eigenvalue weighted by Gasteiger charge is -2.29. The highest BCUT2D eigenvalue weighted by Crippen LogP contribution is 2.24. The molecular formula is C18H24N2O3. The van der Waals surface area contributed by atoms with Gasteiger partial charge in [0.25, 0.3) is 0 Å². The lowest BCUT2D eigenvalue weighted by Crippen LogP contribution is -2.40. The predicted octanol–water partition coefficient (Wildman–Crippen LogP) is 1.92. The van der Waals surface area contributed by atoms with E-state index in [4.69, 9.17) is 0 Å². The molecule has 0 saturated heterocycles. The van der Waals surface area contributed by atoms with E-state index in [0.29, 0.717) is 11.9 Å². The average molecular weight is 316 g/mol. The van der Waals surface area contributed by atoms with Crippen LogP contribution in [0.15, 0.2) is 41.3 Å². The molecule has 1 heterocycles. The number of carbonyl (C=O) groups excluding carboxylic acids is 1. The molecule has 0 fully saturated rings. The first-order valence-corrected chi connectivity index (χ1v) is 8.01. The van der Waals surface area contributed by atoms with Gasteiger partial charge in [-0.05, 0) is 25.0 Å². The number of carbonyl (C=O) groups is 1. The van der Waals surface area contributed by atoms with Gasteiger partial charge >= 0.3 is 0 Å². The van der Waals surface area contributed by atoms with Gasteiger partial charge in [0.15, 0.2) is 5.43 Å². The Hall–Kier alpha value is -2.14. The molecule has 124 valence electrons. The summed E-state index contributed by atoms with van der Waals surface area (Å²) in [6.07, 6.45) is 3.26. The van der Waals surface area contributed by atoms with Crippen LogP contribution >= 0.6 is 0 Å². The number of hydrogen-bond acceptors (Lipinski definition) is 3. The van der Waals surface area contributed by atoms with Gasteiger partial charge in [0.1, 0.15) is 6.54 Å². The highest BCUT2D eigenvalue weighted by atomic mass is 16.3. The van der Waals surface area contributed by atoms with E-state index >= 15 is 0 Å². The molecule has 0 atom stereocenters. The summed E-state index contributed by atoms with van der Waals surface area (Å²) in [5, 5.41) is 13.1.